The molecule has 168 valence electrons. The van der Waals surface area contributed by atoms with Crippen LogP contribution in [0.1, 0.15) is 82.0 Å². The summed E-state index contributed by atoms with van der Waals surface area (Å²) in [4.78, 5) is 12.8. The molecule has 3 aromatic rings. The standard InChI is InChI=1S/C28H40N2O/c1-4-6-8-9-10-16-28(31)23-17-18-27-25(19-23)24-14-11-12-15-26(24)30(27)21-22(20-29-3)13-7-5-2/h11-12,14-15,17-19,22,29H,4-10,13,16,20-21H2,1-3H3. The summed E-state index contributed by atoms with van der Waals surface area (Å²) in [6.45, 7) is 6.53. The molecule has 1 unspecified atom stereocenters. The predicted octanol–water partition coefficient (Wildman–Crippen LogP) is 7.36. The zero-order valence-electron chi connectivity index (χ0n) is 19.8. The molecule has 0 radical (unpaired) electrons. The first kappa shape index (κ1) is 23.5. The van der Waals surface area contributed by atoms with Crippen LogP contribution in [0.3, 0.4) is 0 Å². The molecule has 1 heterocycles. The van der Waals surface area contributed by atoms with Gasteiger partial charge in [0, 0.05) is 40.3 Å². The van der Waals surface area contributed by atoms with Gasteiger partial charge in [-0.1, -0.05) is 70.6 Å². The van der Waals surface area contributed by atoms with E-state index in [4.69, 9.17) is 0 Å². The monoisotopic (exact) mass is 420 g/mol. The van der Waals surface area contributed by atoms with E-state index in [0.29, 0.717) is 12.3 Å². The van der Waals surface area contributed by atoms with Gasteiger partial charge in [0.2, 0.25) is 0 Å². The lowest BCUT2D eigenvalue weighted by molar-refractivity contribution is 0.0979. The molecular formula is C28H40N2O. The van der Waals surface area contributed by atoms with E-state index in [-0.39, 0.29) is 5.78 Å². The lowest BCUT2D eigenvalue weighted by Gasteiger charge is -2.19. The first-order valence-corrected chi connectivity index (χ1v) is 12.4. The van der Waals surface area contributed by atoms with E-state index in [0.717, 1.165) is 31.5 Å². The van der Waals surface area contributed by atoms with Gasteiger partial charge < -0.3 is 9.88 Å². The minimum Gasteiger partial charge on any atom is -0.340 e. The summed E-state index contributed by atoms with van der Waals surface area (Å²) in [7, 11) is 2.05. The quantitative estimate of drug-likeness (QED) is 0.218. The Morgan fingerprint density at radius 2 is 1.65 bits per heavy atom. The van der Waals surface area contributed by atoms with E-state index >= 15 is 0 Å². The van der Waals surface area contributed by atoms with Crippen LogP contribution in [0, 0.1) is 5.92 Å². The smallest absolute Gasteiger partial charge is 0.162 e. The molecule has 0 aliphatic heterocycles. The number of hydrogen-bond acceptors (Lipinski definition) is 2. The van der Waals surface area contributed by atoms with Gasteiger partial charge in [-0.3, -0.25) is 4.79 Å². The normalized spacial score (nSPS) is 12.6. The maximum atomic E-state index is 12.8. The highest BCUT2D eigenvalue weighted by Gasteiger charge is 2.16. The molecule has 0 spiro atoms. The number of carbonyl (C=O) groups is 1. The molecule has 0 amide bonds. The number of nitrogens with zero attached hydrogens (tertiary/aromatic N) is 1. The van der Waals surface area contributed by atoms with Crippen LogP contribution < -0.4 is 5.32 Å². The van der Waals surface area contributed by atoms with Crippen LogP contribution in [-0.4, -0.2) is 23.9 Å². The second-order valence-electron chi connectivity index (χ2n) is 9.01. The summed E-state index contributed by atoms with van der Waals surface area (Å²) in [5, 5.41) is 5.86. The van der Waals surface area contributed by atoms with Crippen LogP contribution in [-0.2, 0) is 6.54 Å². The lowest BCUT2D eigenvalue weighted by atomic mass is 10.0. The van der Waals surface area contributed by atoms with Crippen LogP contribution in [0.5, 0.6) is 0 Å². The molecule has 0 bridgehead atoms. The number of aromatic nitrogens is 1. The van der Waals surface area contributed by atoms with Crippen molar-refractivity contribution in [2.75, 3.05) is 13.6 Å². The molecule has 0 aliphatic rings. The number of para-hydroxylation sites is 1. The third-order valence-electron chi connectivity index (χ3n) is 6.50. The average Bonchev–Trinajstić information content (AvgIpc) is 3.10. The zero-order valence-corrected chi connectivity index (χ0v) is 19.8. The maximum absolute atomic E-state index is 12.8. The fraction of sp³-hybridized carbons (Fsp3) is 0.536. The molecule has 0 saturated carbocycles. The highest BCUT2D eigenvalue weighted by atomic mass is 16.1. The van der Waals surface area contributed by atoms with E-state index in [2.05, 4.69) is 60.1 Å². The number of ketones is 1. The maximum Gasteiger partial charge on any atom is 0.162 e. The Morgan fingerprint density at radius 3 is 2.42 bits per heavy atom. The molecule has 1 atom stereocenters. The zero-order chi connectivity index (χ0) is 22.1. The molecule has 3 nitrogen and oxygen atoms in total. The summed E-state index contributed by atoms with van der Waals surface area (Å²) in [5.41, 5.74) is 3.39. The Bertz CT molecular complexity index is 972. The number of Topliss-reactive ketones (excluding diaryl/α,β-unsaturated/α-hetero) is 1. The Hall–Kier alpha value is -2.13. The lowest BCUT2D eigenvalue weighted by Crippen LogP contribution is -2.23. The summed E-state index contributed by atoms with van der Waals surface area (Å²) in [5.74, 6) is 0.889. The Morgan fingerprint density at radius 1 is 0.903 bits per heavy atom. The SMILES string of the molecule is CCCCCCCC(=O)c1ccc2c(c1)c1ccccc1n2CC(CCCC)CNC. The summed E-state index contributed by atoms with van der Waals surface area (Å²) >= 11 is 0. The number of benzene rings is 2. The average molecular weight is 421 g/mol. The molecule has 0 fully saturated rings. The van der Waals surface area contributed by atoms with E-state index in [1.807, 2.05) is 13.1 Å². The van der Waals surface area contributed by atoms with Crippen LogP contribution in [0.25, 0.3) is 21.8 Å². The van der Waals surface area contributed by atoms with E-state index in [1.54, 1.807) is 0 Å². The van der Waals surface area contributed by atoms with E-state index in [9.17, 15) is 4.79 Å². The second-order valence-corrected chi connectivity index (χ2v) is 9.01. The molecule has 1 N–H and O–H groups in total. The molecule has 1 aromatic heterocycles. The molecule has 2 aromatic carbocycles. The van der Waals surface area contributed by atoms with Crippen LogP contribution in [0.4, 0.5) is 0 Å². The summed E-state index contributed by atoms with van der Waals surface area (Å²) < 4.78 is 2.47. The van der Waals surface area contributed by atoms with Crippen molar-refractivity contribution in [3.05, 3.63) is 48.0 Å². The Balaban J connectivity index is 1.87. The van der Waals surface area contributed by atoms with Gasteiger partial charge in [-0.25, -0.2) is 0 Å². The van der Waals surface area contributed by atoms with Gasteiger partial charge in [0.15, 0.2) is 5.78 Å². The Kier molecular flexibility index (Phi) is 9.14. The van der Waals surface area contributed by atoms with Crippen molar-refractivity contribution in [2.24, 2.45) is 5.92 Å². The fourth-order valence-electron chi connectivity index (χ4n) is 4.75. The molecule has 0 saturated heterocycles. The minimum atomic E-state index is 0.284. The van der Waals surface area contributed by atoms with Gasteiger partial charge in [0.25, 0.3) is 0 Å². The first-order valence-electron chi connectivity index (χ1n) is 12.4. The van der Waals surface area contributed by atoms with Gasteiger partial charge in [-0.15, -0.1) is 0 Å². The van der Waals surface area contributed by atoms with Crippen molar-refractivity contribution in [1.29, 1.82) is 0 Å². The van der Waals surface area contributed by atoms with Crippen LogP contribution in [0.2, 0.25) is 0 Å². The van der Waals surface area contributed by atoms with Gasteiger partial charge in [-0.2, -0.15) is 0 Å². The molecule has 31 heavy (non-hydrogen) atoms. The number of fused-ring (bicyclic) bond motifs is 3. The third-order valence-corrected chi connectivity index (χ3v) is 6.50. The first-order chi connectivity index (χ1) is 15.2. The van der Waals surface area contributed by atoms with E-state index in [1.165, 1.54) is 60.3 Å². The van der Waals surface area contributed by atoms with Gasteiger partial charge in [0.1, 0.15) is 0 Å². The Labute approximate surface area is 188 Å². The van der Waals surface area contributed by atoms with Gasteiger partial charge in [-0.05, 0) is 56.6 Å². The van der Waals surface area contributed by atoms with Crippen molar-refractivity contribution in [3.8, 4) is 0 Å². The second kappa shape index (κ2) is 12.0. The summed E-state index contributed by atoms with van der Waals surface area (Å²) in [6.07, 6.45) is 10.3. The highest BCUT2D eigenvalue weighted by molar-refractivity contribution is 6.10. The minimum absolute atomic E-state index is 0.284. The third kappa shape index (κ3) is 5.98. The number of carbonyl (C=O) groups excluding carboxylic acids is 1. The van der Waals surface area contributed by atoms with Crippen molar-refractivity contribution in [2.45, 2.75) is 78.2 Å². The number of nitrogens with one attached hydrogen (secondary N) is 1. The van der Waals surface area contributed by atoms with Crippen LogP contribution >= 0.6 is 0 Å². The molecule has 3 rings (SSSR count). The fourth-order valence-corrected chi connectivity index (χ4v) is 4.75. The topological polar surface area (TPSA) is 34.0 Å². The molecule has 0 aliphatic carbocycles. The van der Waals surface area contributed by atoms with Gasteiger partial charge in [0.05, 0.1) is 0 Å². The van der Waals surface area contributed by atoms with Gasteiger partial charge >= 0.3 is 0 Å². The molecular weight excluding hydrogens is 380 g/mol. The van der Waals surface area contributed by atoms with Crippen LogP contribution in [0.15, 0.2) is 42.5 Å². The van der Waals surface area contributed by atoms with Crippen molar-refractivity contribution < 1.29 is 4.79 Å². The predicted molar refractivity (Wildman–Crippen MR) is 134 cm³/mol. The summed E-state index contributed by atoms with van der Waals surface area (Å²) in [6, 6.07) is 15.0. The number of rotatable bonds is 14. The van der Waals surface area contributed by atoms with E-state index < -0.39 is 0 Å². The highest BCUT2D eigenvalue weighted by Crippen LogP contribution is 2.31. The largest absolute Gasteiger partial charge is 0.340 e. The van der Waals surface area contributed by atoms with Crippen molar-refractivity contribution >= 4 is 27.6 Å². The van der Waals surface area contributed by atoms with Crippen molar-refractivity contribution in [3.63, 3.8) is 0 Å². The van der Waals surface area contributed by atoms with Crippen molar-refractivity contribution in [1.82, 2.24) is 9.88 Å². The molecule has 3 heteroatoms. The number of hydrogen-bond donors (Lipinski definition) is 1. The number of unbranched alkanes of at least 4 members (excludes halogenated alkanes) is 5.